The van der Waals surface area contributed by atoms with Crippen LogP contribution in [-0.4, -0.2) is 23.9 Å². The molecule has 0 unspecified atom stereocenters. The molecule has 2 N–H and O–H groups in total. The number of piperidine rings is 1. The van der Waals surface area contributed by atoms with E-state index < -0.39 is 11.7 Å². The number of alkyl halides is 3. The number of nitrogens with zero attached hydrogens (tertiary/aromatic N) is 2. The Hall–Kier alpha value is -1.72. The number of likely N-dealkylation sites (tertiary alicyclic amines) is 1. The van der Waals surface area contributed by atoms with Crippen molar-refractivity contribution in [2.24, 2.45) is 16.6 Å². The predicted molar refractivity (Wildman–Crippen MR) is 76.7 cm³/mol. The maximum Gasteiger partial charge on any atom is 0.416 e. The average Bonchev–Trinajstić information content (AvgIpc) is 2.45. The molecule has 0 bridgehead atoms. The molecule has 0 spiro atoms. The van der Waals surface area contributed by atoms with Gasteiger partial charge in [0, 0.05) is 13.1 Å². The van der Waals surface area contributed by atoms with E-state index in [0.29, 0.717) is 18.4 Å². The van der Waals surface area contributed by atoms with E-state index in [1.807, 2.05) is 4.90 Å². The van der Waals surface area contributed by atoms with E-state index in [1.165, 1.54) is 12.1 Å². The monoisotopic (exact) mass is 299 g/mol. The zero-order chi connectivity index (χ0) is 15.5. The summed E-state index contributed by atoms with van der Waals surface area (Å²) in [5, 5.41) is 0. The summed E-state index contributed by atoms with van der Waals surface area (Å²) in [5.74, 6) is 1.19. The van der Waals surface area contributed by atoms with Crippen LogP contribution in [0.1, 0.15) is 30.9 Å². The van der Waals surface area contributed by atoms with Crippen LogP contribution in [-0.2, 0) is 12.7 Å². The van der Waals surface area contributed by atoms with Gasteiger partial charge in [-0.3, -0.25) is 0 Å². The lowest BCUT2D eigenvalue weighted by atomic mass is 10.00. The van der Waals surface area contributed by atoms with Crippen molar-refractivity contribution in [3.05, 3.63) is 35.4 Å². The highest BCUT2D eigenvalue weighted by Crippen LogP contribution is 2.29. The van der Waals surface area contributed by atoms with Gasteiger partial charge in [0.15, 0.2) is 5.96 Å². The summed E-state index contributed by atoms with van der Waals surface area (Å²) in [7, 11) is 0. The quantitative estimate of drug-likeness (QED) is 0.673. The Labute approximate surface area is 122 Å². The maximum atomic E-state index is 12.5. The van der Waals surface area contributed by atoms with Crippen molar-refractivity contribution in [2.45, 2.75) is 32.5 Å². The second-order valence-electron chi connectivity index (χ2n) is 5.54. The van der Waals surface area contributed by atoms with Gasteiger partial charge in [0.1, 0.15) is 0 Å². The molecule has 1 fully saturated rings. The highest BCUT2D eigenvalue weighted by molar-refractivity contribution is 5.78. The normalized spacial score (nSPS) is 18.1. The largest absolute Gasteiger partial charge is 0.416 e. The summed E-state index contributed by atoms with van der Waals surface area (Å²) < 4.78 is 37.4. The molecule has 1 aromatic rings. The zero-order valence-corrected chi connectivity index (χ0v) is 12.0. The van der Waals surface area contributed by atoms with E-state index in [4.69, 9.17) is 5.73 Å². The summed E-state index contributed by atoms with van der Waals surface area (Å²) >= 11 is 0. The number of nitrogens with two attached hydrogens (primary N) is 1. The van der Waals surface area contributed by atoms with Crippen LogP contribution in [0.5, 0.6) is 0 Å². The van der Waals surface area contributed by atoms with Crippen molar-refractivity contribution in [1.29, 1.82) is 0 Å². The SMILES string of the molecule is CC1CCN(C(N)=NCc2ccc(C(F)(F)F)cc2)CC1. The lowest BCUT2D eigenvalue weighted by Gasteiger charge is -2.31. The van der Waals surface area contributed by atoms with Gasteiger partial charge in [-0.1, -0.05) is 19.1 Å². The molecule has 1 heterocycles. The van der Waals surface area contributed by atoms with Crippen LogP contribution in [0.2, 0.25) is 0 Å². The molecule has 3 nitrogen and oxygen atoms in total. The van der Waals surface area contributed by atoms with Gasteiger partial charge in [-0.05, 0) is 36.5 Å². The maximum absolute atomic E-state index is 12.5. The topological polar surface area (TPSA) is 41.6 Å². The molecular weight excluding hydrogens is 279 g/mol. The molecule has 1 saturated heterocycles. The van der Waals surface area contributed by atoms with Crippen molar-refractivity contribution < 1.29 is 13.2 Å². The second-order valence-corrected chi connectivity index (χ2v) is 5.54. The number of rotatable bonds is 2. The second kappa shape index (κ2) is 6.37. The van der Waals surface area contributed by atoms with Crippen molar-refractivity contribution >= 4 is 5.96 Å². The first-order valence-corrected chi connectivity index (χ1v) is 7.07. The Bertz CT molecular complexity index is 486. The first kappa shape index (κ1) is 15.7. The third kappa shape index (κ3) is 4.37. The molecule has 116 valence electrons. The van der Waals surface area contributed by atoms with E-state index in [0.717, 1.165) is 43.6 Å². The summed E-state index contributed by atoms with van der Waals surface area (Å²) in [5.41, 5.74) is 6.01. The Morgan fingerprint density at radius 2 is 1.81 bits per heavy atom. The van der Waals surface area contributed by atoms with Gasteiger partial charge in [-0.15, -0.1) is 0 Å². The van der Waals surface area contributed by atoms with E-state index in [-0.39, 0.29) is 0 Å². The van der Waals surface area contributed by atoms with Crippen LogP contribution in [0.15, 0.2) is 29.3 Å². The average molecular weight is 299 g/mol. The summed E-state index contributed by atoms with van der Waals surface area (Å²) in [6.07, 6.45) is -2.11. The van der Waals surface area contributed by atoms with Crippen molar-refractivity contribution in [3.8, 4) is 0 Å². The Balaban J connectivity index is 1.94. The van der Waals surface area contributed by atoms with E-state index >= 15 is 0 Å². The van der Waals surface area contributed by atoms with Crippen LogP contribution >= 0.6 is 0 Å². The van der Waals surface area contributed by atoms with Crippen LogP contribution in [0.25, 0.3) is 0 Å². The van der Waals surface area contributed by atoms with Crippen molar-refractivity contribution in [2.75, 3.05) is 13.1 Å². The molecule has 21 heavy (non-hydrogen) atoms. The third-order valence-corrected chi connectivity index (χ3v) is 3.81. The number of halogens is 3. The number of benzene rings is 1. The van der Waals surface area contributed by atoms with E-state index in [2.05, 4.69) is 11.9 Å². The van der Waals surface area contributed by atoms with Crippen molar-refractivity contribution in [3.63, 3.8) is 0 Å². The van der Waals surface area contributed by atoms with Gasteiger partial charge in [-0.25, -0.2) is 4.99 Å². The third-order valence-electron chi connectivity index (χ3n) is 3.81. The number of hydrogen-bond donors (Lipinski definition) is 1. The fourth-order valence-electron chi connectivity index (χ4n) is 2.31. The first-order valence-electron chi connectivity index (χ1n) is 7.07. The molecule has 2 rings (SSSR count). The van der Waals surface area contributed by atoms with Crippen LogP contribution in [0.4, 0.5) is 13.2 Å². The van der Waals surface area contributed by atoms with Crippen LogP contribution in [0.3, 0.4) is 0 Å². The lowest BCUT2D eigenvalue weighted by molar-refractivity contribution is -0.137. The van der Waals surface area contributed by atoms with Gasteiger partial charge in [0.2, 0.25) is 0 Å². The molecule has 1 aliphatic rings. The minimum Gasteiger partial charge on any atom is -0.370 e. The number of guanidine groups is 1. The fourth-order valence-corrected chi connectivity index (χ4v) is 2.31. The number of aliphatic imine (C=N–C) groups is 1. The molecule has 0 amide bonds. The van der Waals surface area contributed by atoms with E-state index in [9.17, 15) is 13.2 Å². The molecule has 0 aliphatic carbocycles. The zero-order valence-electron chi connectivity index (χ0n) is 12.0. The molecule has 6 heteroatoms. The minimum absolute atomic E-state index is 0.302. The lowest BCUT2D eigenvalue weighted by Crippen LogP contribution is -2.42. The standard InChI is InChI=1S/C15H20F3N3/c1-11-6-8-21(9-7-11)14(19)20-10-12-2-4-13(5-3-12)15(16,17)18/h2-5,11H,6-10H2,1H3,(H2,19,20). The van der Waals surface area contributed by atoms with Gasteiger partial charge in [0.05, 0.1) is 12.1 Å². The van der Waals surface area contributed by atoms with E-state index in [1.54, 1.807) is 0 Å². The molecule has 0 aromatic heterocycles. The van der Waals surface area contributed by atoms with Gasteiger partial charge in [-0.2, -0.15) is 13.2 Å². The molecule has 1 aromatic carbocycles. The minimum atomic E-state index is -4.30. The highest BCUT2D eigenvalue weighted by Gasteiger charge is 2.29. The Morgan fingerprint density at radius 1 is 1.24 bits per heavy atom. The highest BCUT2D eigenvalue weighted by atomic mass is 19.4. The summed E-state index contributed by atoms with van der Waals surface area (Å²) in [6.45, 7) is 4.30. The smallest absolute Gasteiger partial charge is 0.370 e. The predicted octanol–water partition coefficient (Wildman–Crippen LogP) is 3.25. The molecule has 0 atom stereocenters. The first-order chi connectivity index (χ1) is 9.86. The van der Waals surface area contributed by atoms with Gasteiger partial charge < -0.3 is 10.6 Å². The molecular formula is C15H20F3N3. The van der Waals surface area contributed by atoms with Crippen LogP contribution < -0.4 is 5.73 Å². The van der Waals surface area contributed by atoms with Gasteiger partial charge in [0.25, 0.3) is 0 Å². The molecule has 0 saturated carbocycles. The van der Waals surface area contributed by atoms with Crippen LogP contribution in [0, 0.1) is 5.92 Å². The number of hydrogen-bond acceptors (Lipinski definition) is 1. The summed E-state index contributed by atoms with van der Waals surface area (Å²) in [4.78, 5) is 6.31. The fraction of sp³-hybridized carbons (Fsp3) is 0.533. The Morgan fingerprint density at radius 3 is 2.33 bits per heavy atom. The van der Waals surface area contributed by atoms with Gasteiger partial charge >= 0.3 is 6.18 Å². The molecule has 1 aliphatic heterocycles. The Kier molecular flexibility index (Phi) is 4.75. The van der Waals surface area contributed by atoms with Crippen molar-refractivity contribution in [1.82, 2.24) is 4.90 Å². The molecule has 0 radical (unpaired) electrons. The summed E-state index contributed by atoms with van der Waals surface area (Å²) in [6, 6.07) is 5.03.